The number of fused-ring (bicyclic) bond motifs is 1. The van der Waals surface area contributed by atoms with Crippen LogP contribution in [0.25, 0.3) is 5.65 Å². The zero-order valence-corrected chi connectivity index (χ0v) is 10.1. The van der Waals surface area contributed by atoms with Gasteiger partial charge in [-0.15, -0.1) is 0 Å². The van der Waals surface area contributed by atoms with Crippen LogP contribution in [-0.2, 0) is 11.2 Å². The minimum atomic E-state index is -0.000292. The Kier molecular flexibility index (Phi) is 2.76. The molecule has 3 heterocycles. The molecule has 5 nitrogen and oxygen atoms in total. The first kappa shape index (κ1) is 11.2. The van der Waals surface area contributed by atoms with E-state index in [1.807, 2.05) is 35.5 Å². The number of hydrogen-bond donors (Lipinski definition) is 1. The summed E-state index contributed by atoms with van der Waals surface area (Å²) in [4.78, 5) is 17.8. The highest BCUT2D eigenvalue weighted by molar-refractivity contribution is 5.79. The second-order valence-corrected chi connectivity index (χ2v) is 4.73. The predicted octanol–water partition coefficient (Wildman–Crippen LogP) is 0.436. The molecule has 1 saturated heterocycles. The van der Waals surface area contributed by atoms with Crippen LogP contribution in [0.15, 0.2) is 30.6 Å². The lowest BCUT2D eigenvalue weighted by Gasteiger charge is -2.15. The van der Waals surface area contributed by atoms with Crippen molar-refractivity contribution in [2.75, 3.05) is 13.1 Å². The van der Waals surface area contributed by atoms with Crippen LogP contribution in [0, 0.1) is 0 Å². The quantitative estimate of drug-likeness (QED) is 0.852. The molecule has 94 valence electrons. The van der Waals surface area contributed by atoms with E-state index in [2.05, 4.69) is 9.38 Å². The normalized spacial score (nSPS) is 19.9. The number of likely N-dealkylation sites (tertiary alicyclic amines) is 1. The molecule has 2 aromatic rings. The minimum absolute atomic E-state index is 0.000292. The Morgan fingerprint density at radius 2 is 2.33 bits per heavy atom. The summed E-state index contributed by atoms with van der Waals surface area (Å²) in [7, 11) is 0. The molecule has 2 N–H and O–H groups in total. The third-order valence-corrected chi connectivity index (χ3v) is 3.38. The Bertz CT molecular complexity index is 577. The molecule has 18 heavy (non-hydrogen) atoms. The van der Waals surface area contributed by atoms with Gasteiger partial charge in [-0.2, -0.15) is 0 Å². The van der Waals surface area contributed by atoms with Crippen LogP contribution in [0.4, 0.5) is 0 Å². The fourth-order valence-corrected chi connectivity index (χ4v) is 2.44. The molecule has 0 spiro atoms. The zero-order valence-electron chi connectivity index (χ0n) is 10.1. The first-order valence-corrected chi connectivity index (χ1v) is 6.18. The first-order valence-electron chi connectivity index (χ1n) is 6.18. The molecule has 1 fully saturated rings. The Hall–Kier alpha value is -1.88. The number of pyridine rings is 1. The van der Waals surface area contributed by atoms with Gasteiger partial charge in [-0.25, -0.2) is 4.98 Å². The molecule has 3 rings (SSSR count). The molecule has 1 aliphatic rings. The fraction of sp³-hybridized carbons (Fsp3) is 0.385. The summed E-state index contributed by atoms with van der Waals surface area (Å²) in [5.41, 5.74) is 7.84. The van der Waals surface area contributed by atoms with Gasteiger partial charge in [0.15, 0.2) is 0 Å². The van der Waals surface area contributed by atoms with E-state index in [9.17, 15) is 4.79 Å². The van der Waals surface area contributed by atoms with E-state index in [0.717, 1.165) is 24.3 Å². The molecule has 0 aliphatic carbocycles. The van der Waals surface area contributed by atoms with Crippen LogP contribution in [0.5, 0.6) is 0 Å². The Labute approximate surface area is 105 Å². The molecular formula is C13H16N4O. The summed E-state index contributed by atoms with van der Waals surface area (Å²) < 4.78 is 2.06. The number of amides is 1. The topological polar surface area (TPSA) is 63.6 Å². The lowest BCUT2D eigenvalue weighted by atomic mass is 10.3. The van der Waals surface area contributed by atoms with E-state index in [1.165, 1.54) is 0 Å². The summed E-state index contributed by atoms with van der Waals surface area (Å²) in [6, 6.07) is 5.92. The molecule has 0 aromatic carbocycles. The Morgan fingerprint density at radius 1 is 1.44 bits per heavy atom. The highest BCUT2D eigenvalue weighted by Crippen LogP contribution is 2.12. The van der Waals surface area contributed by atoms with E-state index < -0.39 is 0 Å². The highest BCUT2D eigenvalue weighted by atomic mass is 16.2. The monoisotopic (exact) mass is 244 g/mol. The van der Waals surface area contributed by atoms with Crippen LogP contribution < -0.4 is 5.73 Å². The Morgan fingerprint density at radius 3 is 3.11 bits per heavy atom. The molecule has 1 aliphatic heterocycles. The summed E-state index contributed by atoms with van der Waals surface area (Å²) >= 11 is 0. The third-order valence-electron chi connectivity index (χ3n) is 3.38. The molecule has 0 saturated carbocycles. The van der Waals surface area contributed by atoms with Gasteiger partial charge >= 0.3 is 0 Å². The van der Waals surface area contributed by atoms with Crippen LogP contribution in [0.1, 0.15) is 12.1 Å². The fourth-order valence-electron chi connectivity index (χ4n) is 2.44. The van der Waals surface area contributed by atoms with Gasteiger partial charge in [0, 0.05) is 50.1 Å². The van der Waals surface area contributed by atoms with Crippen LogP contribution in [0.2, 0.25) is 0 Å². The minimum Gasteiger partial charge on any atom is -0.341 e. The number of imidazole rings is 1. The van der Waals surface area contributed by atoms with E-state index >= 15 is 0 Å². The lowest BCUT2D eigenvalue weighted by molar-refractivity contribution is -0.127. The predicted molar refractivity (Wildman–Crippen MR) is 68.1 cm³/mol. The van der Waals surface area contributed by atoms with Gasteiger partial charge in [0.2, 0.25) is 5.91 Å². The molecule has 2 aromatic heterocycles. The third kappa shape index (κ3) is 1.97. The number of carbonyl (C=O) groups is 1. The van der Waals surface area contributed by atoms with Crippen molar-refractivity contribution < 1.29 is 4.79 Å². The van der Waals surface area contributed by atoms with Crippen molar-refractivity contribution in [3.63, 3.8) is 0 Å². The number of nitrogens with two attached hydrogens (primary N) is 1. The highest BCUT2D eigenvalue weighted by Gasteiger charge is 2.26. The van der Waals surface area contributed by atoms with Gasteiger partial charge in [-0.3, -0.25) is 4.79 Å². The van der Waals surface area contributed by atoms with Crippen molar-refractivity contribution in [3.05, 3.63) is 36.3 Å². The second-order valence-electron chi connectivity index (χ2n) is 4.73. The maximum atomic E-state index is 11.6. The van der Waals surface area contributed by atoms with Crippen molar-refractivity contribution >= 4 is 11.6 Å². The van der Waals surface area contributed by atoms with Crippen molar-refractivity contribution in [2.45, 2.75) is 18.9 Å². The maximum Gasteiger partial charge on any atom is 0.224 e. The molecule has 1 unspecified atom stereocenters. The van der Waals surface area contributed by atoms with Gasteiger partial charge < -0.3 is 15.0 Å². The van der Waals surface area contributed by atoms with Gasteiger partial charge in [-0.1, -0.05) is 6.07 Å². The molecule has 1 amide bonds. The van der Waals surface area contributed by atoms with E-state index in [0.29, 0.717) is 13.0 Å². The van der Waals surface area contributed by atoms with Gasteiger partial charge in [0.1, 0.15) is 5.65 Å². The van der Waals surface area contributed by atoms with Crippen molar-refractivity contribution in [3.8, 4) is 0 Å². The SMILES string of the molecule is NC1CC(=O)N(CCc2cnc3ccccn23)C1. The van der Waals surface area contributed by atoms with Crippen molar-refractivity contribution in [1.29, 1.82) is 0 Å². The first-order chi connectivity index (χ1) is 8.74. The van der Waals surface area contributed by atoms with Gasteiger partial charge in [0.05, 0.1) is 0 Å². The summed E-state index contributed by atoms with van der Waals surface area (Å²) in [6.45, 7) is 1.39. The molecule has 0 bridgehead atoms. The van der Waals surface area contributed by atoms with Crippen LogP contribution in [-0.4, -0.2) is 39.3 Å². The molecule has 1 atom stereocenters. The number of aromatic nitrogens is 2. The van der Waals surface area contributed by atoms with Crippen LogP contribution in [0.3, 0.4) is 0 Å². The largest absolute Gasteiger partial charge is 0.341 e. The summed E-state index contributed by atoms with van der Waals surface area (Å²) in [5, 5.41) is 0. The number of nitrogens with zero attached hydrogens (tertiary/aromatic N) is 3. The number of hydrogen-bond acceptors (Lipinski definition) is 3. The van der Waals surface area contributed by atoms with E-state index in [4.69, 9.17) is 5.73 Å². The maximum absolute atomic E-state index is 11.6. The Balaban J connectivity index is 1.72. The second kappa shape index (κ2) is 4.42. The van der Waals surface area contributed by atoms with Crippen molar-refractivity contribution in [2.24, 2.45) is 5.73 Å². The number of carbonyl (C=O) groups excluding carboxylic acids is 1. The average molecular weight is 244 g/mol. The molecular weight excluding hydrogens is 228 g/mol. The number of rotatable bonds is 3. The van der Waals surface area contributed by atoms with E-state index in [1.54, 1.807) is 0 Å². The summed E-state index contributed by atoms with van der Waals surface area (Å²) in [6.07, 6.45) is 5.15. The average Bonchev–Trinajstić information content (AvgIpc) is 2.90. The van der Waals surface area contributed by atoms with Gasteiger partial charge in [0.25, 0.3) is 0 Å². The molecule has 0 radical (unpaired) electrons. The van der Waals surface area contributed by atoms with Gasteiger partial charge in [-0.05, 0) is 12.1 Å². The van der Waals surface area contributed by atoms with E-state index in [-0.39, 0.29) is 11.9 Å². The van der Waals surface area contributed by atoms with Crippen molar-refractivity contribution in [1.82, 2.24) is 14.3 Å². The standard InChI is InChI=1S/C13H16N4O/c14-10-7-13(18)16(9-10)6-4-11-8-15-12-3-1-2-5-17(11)12/h1-3,5,8,10H,4,6-7,9,14H2. The molecule has 5 heteroatoms. The smallest absolute Gasteiger partial charge is 0.224 e. The summed E-state index contributed by atoms with van der Waals surface area (Å²) in [5.74, 6) is 0.163. The lowest BCUT2D eigenvalue weighted by Crippen LogP contribution is -2.30. The van der Waals surface area contributed by atoms with Crippen LogP contribution >= 0.6 is 0 Å². The zero-order chi connectivity index (χ0) is 12.5.